The Hall–Kier alpha value is -3.42. The van der Waals surface area contributed by atoms with Gasteiger partial charge in [-0.2, -0.15) is 0 Å². The summed E-state index contributed by atoms with van der Waals surface area (Å²) in [5.74, 6) is -1.65. The van der Waals surface area contributed by atoms with Crippen LogP contribution in [-0.2, 0) is 11.2 Å². The highest BCUT2D eigenvalue weighted by Crippen LogP contribution is 2.18. The van der Waals surface area contributed by atoms with Gasteiger partial charge in [-0.15, -0.1) is 0 Å². The first-order valence-corrected chi connectivity index (χ1v) is 7.81. The smallest absolute Gasteiger partial charge is 0.414 e. The first-order chi connectivity index (χ1) is 12.4. The van der Waals surface area contributed by atoms with Crippen molar-refractivity contribution < 1.29 is 24.4 Å². The number of nitrogens with zero attached hydrogens (tertiary/aromatic N) is 2. The molecule has 8 heteroatoms. The van der Waals surface area contributed by atoms with Gasteiger partial charge in [0.2, 0.25) is 0 Å². The molecule has 0 fully saturated rings. The van der Waals surface area contributed by atoms with E-state index < -0.39 is 22.9 Å². The van der Waals surface area contributed by atoms with E-state index in [2.05, 4.69) is 0 Å². The number of non-ortho nitro benzene ring substituents is 1. The number of aliphatic carboxylic acids is 1. The standard InChI is InChI=1S/C18H18N2O6/c1-19(12-14(17(21)22)11-13-5-3-2-4-6-13)18(23)26-16-9-7-15(8-10-16)20(24)25/h2-10,14H,11-12H2,1H3,(H,21,22). The number of ether oxygens (including phenoxy) is 1. The van der Waals surface area contributed by atoms with Gasteiger partial charge in [-0.05, 0) is 24.1 Å². The van der Waals surface area contributed by atoms with Gasteiger partial charge >= 0.3 is 12.1 Å². The molecule has 26 heavy (non-hydrogen) atoms. The third-order valence-corrected chi connectivity index (χ3v) is 3.73. The van der Waals surface area contributed by atoms with Crippen LogP contribution < -0.4 is 4.74 Å². The average Bonchev–Trinajstić information content (AvgIpc) is 2.62. The molecule has 0 aliphatic heterocycles. The summed E-state index contributed by atoms with van der Waals surface area (Å²) in [6.07, 6.45) is -0.455. The maximum atomic E-state index is 12.1. The van der Waals surface area contributed by atoms with Gasteiger partial charge in [0.25, 0.3) is 5.69 Å². The summed E-state index contributed by atoms with van der Waals surface area (Å²) in [6, 6.07) is 14.2. The Bertz CT molecular complexity index is 776. The van der Waals surface area contributed by atoms with Crippen LogP contribution in [0.1, 0.15) is 5.56 Å². The zero-order valence-electron chi connectivity index (χ0n) is 14.1. The SMILES string of the molecule is CN(CC(Cc1ccccc1)C(=O)O)C(=O)Oc1ccc([N+](=O)[O-])cc1. The van der Waals surface area contributed by atoms with Crippen LogP contribution in [-0.4, -0.2) is 40.6 Å². The maximum absolute atomic E-state index is 12.1. The van der Waals surface area contributed by atoms with Gasteiger partial charge < -0.3 is 14.7 Å². The van der Waals surface area contributed by atoms with Crippen LogP contribution in [0, 0.1) is 16.0 Å². The fourth-order valence-electron chi connectivity index (χ4n) is 2.35. The topological polar surface area (TPSA) is 110 Å². The second-order valence-corrected chi connectivity index (χ2v) is 5.72. The number of hydrogen-bond acceptors (Lipinski definition) is 5. The number of nitro groups is 1. The largest absolute Gasteiger partial charge is 0.481 e. The fourth-order valence-corrected chi connectivity index (χ4v) is 2.35. The first-order valence-electron chi connectivity index (χ1n) is 7.81. The molecule has 0 aliphatic rings. The molecular formula is C18H18N2O6. The second kappa shape index (κ2) is 8.61. The highest BCUT2D eigenvalue weighted by molar-refractivity contribution is 5.74. The third-order valence-electron chi connectivity index (χ3n) is 3.73. The monoisotopic (exact) mass is 358 g/mol. The number of nitro benzene ring substituents is 1. The molecule has 1 unspecified atom stereocenters. The number of hydrogen-bond donors (Lipinski definition) is 1. The van der Waals surface area contributed by atoms with Gasteiger partial charge in [0, 0.05) is 25.7 Å². The molecule has 8 nitrogen and oxygen atoms in total. The van der Waals surface area contributed by atoms with Crippen LogP contribution in [0.5, 0.6) is 5.75 Å². The number of rotatable bonds is 7. The summed E-state index contributed by atoms with van der Waals surface area (Å²) in [5.41, 5.74) is 0.740. The molecule has 136 valence electrons. The van der Waals surface area contributed by atoms with Crippen molar-refractivity contribution >= 4 is 17.7 Å². The van der Waals surface area contributed by atoms with E-state index in [9.17, 15) is 24.8 Å². The summed E-state index contributed by atoms with van der Waals surface area (Å²) in [5, 5.41) is 20.0. The Kier molecular flexibility index (Phi) is 6.26. The zero-order valence-corrected chi connectivity index (χ0v) is 14.1. The van der Waals surface area contributed by atoms with Gasteiger partial charge in [-0.3, -0.25) is 14.9 Å². The summed E-state index contributed by atoms with van der Waals surface area (Å²) >= 11 is 0. The molecular weight excluding hydrogens is 340 g/mol. The summed E-state index contributed by atoms with van der Waals surface area (Å²) in [6.45, 7) is -0.0317. The third kappa shape index (κ3) is 5.30. The van der Waals surface area contributed by atoms with Gasteiger partial charge in [0.15, 0.2) is 0 Å². The van der Waals surface area contributed by atoms with E-state index in [-0.39, 0.29) is 24.4 Å². The van der Waals surface area contributed by atoms with Gasteiger partial charge in [-0.1, -0.05) is 30.3 Å². The molecule has 1 N–H and O–H groups in total. The molecule has 0 saturated carbocycles. The van der Waals surface area contributed by atoms with Crippen LogP contribution in [0.25, 0.3) is 0 Å². The molecule has 0 radical (unpaired) electrons. The molecule has 0 heterocycles. The van der Waals surface area contributed by atoms with Gasteiger partial charge in [0.1, 0.15) is 5.75 Å². The first kappa shape index (κ1) is 18.9. The number of benzene rings is 2. The number of amides is 1. The van der Waals surface area contributed by atoms with E-state index in [1.165, 1.54) is 36.2 Å². The molecule has 2 rings (SSSR count). The minimum absolute atomic E-state index is 0.0317. The van der Waals surface area contributed by atoms with Crippen molar-refractivity contribution in [2.24, 2.45) is 5.92 Å². The number of carboxylic acid groups (broad SMARTS) is 1. The lowest BCUT2D eigenvalue weighted by Crippen LogP contribution is -2.37. The molecule has 2 aromatic carbocycles. The van der Waals surface area contributed by atoms with E-state index >= 15 is 0 Å². The highest BCUT2D eigenvalue weighted by Gasteiger charge is 2.23. The summed E-state index contributed by atoms with van der Waals surface area (Å²) in [7, 11) is 1.44. The lowest BCUT2D eigenvalue weighted by Gasteiger charge is -2.21. The van der Waals surface area contributed by atoms with Crippen LogP contribution >= 0.6 is 0 Å². The molecule has 1 atom stereocenters. The van der Waals surface area contributed by atoms with E-state index in [0.717, 1.165) is 5.56 Å². The van der Waals surface area contributed by atoms with Crippen molar-refractivity contribution in [3.63, 3.8) is 0 Å². The molecule has 0 aromatic heterocycles. The van der Waals surface area contributed by atoms with Crippen molar-refractivity contribution in [1.82, 2.24) is 4.90 Å². The predicted molar refractivity (Wildman–Crippen MR) is 93.0 cm³/mol. The van der Waals surface area contributed by atoms with E-state index in [1.807, 2.05) is 30.3 Å². The van der Waals surface area contributed by atoms with E-state index in [4.69, 9.17) is 4.74 Å². The normalized spacial score (nSPS) is 11.4. The molecule has 0 bridgehead atoms. The van der Waals surface area contributed by atoms with Crippen molar-refractivity contribution in [2.45, 2.75) is 6.42 Å². The number of carboxylic acids is 1. The van der Waals surface area contributed by atoms with Crippen molar-refractivity contribution in [2.75, 3.05) is 13.6 Å². The Morgan fingerprint density at radius 2 is 1.77 bits per heavy atom. The van der Waals surface area contributed by atoms with Gasteiger partial charge in [0.05, 0.1) is 10.8 Å². The zero-order chi connectivity index (χ0) is 19.1. The van der Waals surface area contributed by atoms with E-state index in [0.29, 0.717) is 0 Å². The van der Waals surface area contributed by atoms with Gasteiger partial charge in [-0.25, -0.2) is 4.79 Å². The Morgan fingerprint density at radius 3 is 2.31 bits per heavy atom. The Morgan fingerprint density at radius 1 is 1.15 bits per heavy atom. The lowest BCUT2D eigenvalue weighted by molar-refractivity contribution is -0.384. The van der Waals surface area contributed by atoms with E-state index in [1.54, 1.807) is 0 Å². The second-order valence-electron chi connectivity index (χ2n) is 5.72. The molecule has 0 aliphatic carbocycles. The van der Waals surface area contributed by atoms with Crippen LogP contribution in [0.3, 0.4) is 0 Å². The molecule has 0 spiro atoms. The van der Waals surface area contributed by atoms with Crippen LogP contribution in [0.15, 0.2) is 54.6 Å². The van der Waals surface area contributed by atoms with Crippen molar-refractivity contribution in [1.29, 1.82) is 0 Å². The minimum Gasteiger partial charge on any atom is -0.481 e. The Balaban J connectivity index is 1.97. The van der Waals surface area contributed by atoms with Crippen molar-refractivity contribution in [3.05, 3.63) is 70.3 Å². The molecule has 1 amide bonds. The van der Waals surface area contributed by atoms with Crippen LogP contribution in [0.4, 0.5) is 10.5 Å². The van der Waals surface area contributed by atoms with Crippen molar-refractivity contribution in [3.8, 4) is 5.75 Å². The summed E-state index contributed by atoms with van der Waals surface area (Å²) in [4.78, 5) is 34.8. The maximum Gasteiger partial charge on any atom is 0.414 e. The highest BCUT2D eigenvalue weighted by atomic mass is 16.6. The minimum atomic E-state index is -1.01. The lowest BCUT2D eigenvalue weighted by atomic mass is 9.99. The molecule has 0 saturated heterocycles. The Labute approximate surface area is 149 Å². The van der Waals surface area contributed by atoms with Crippen LogP contribution in [0.2, 0.25) is 0 Å². The average molecular weight is 358 g/mol. The number of carbonyl (C=O) groups excluding carboxylic acids is 1. The predicted octanol–water partition coefficient (Wildman–Crippen LogP) is 2.97. The summed E-state index contributed by atoms with van der Waals surface area (Å²) < 4.78 is 5.11. The molecule has 2 aromatic rings. The number of carbonyl (C=O) groups is 2. The quantitative estimate of drug-likeness (QED) is 0.602. The fraction of sp³-hybridized carbons (Fsp3) is 0.222.